The van der Waals surface area contributed by atoms with Crippen molar-refractivity contribution in [3.63, 3.8) is 0 Å². The molecule has 192 valence electrons. The molecule has 4 aliphatic heterocycles. The number of aliphatic hydroxyl groups is 1. The first kappa shape index (κ1) is 25.1. The molecule has 4 heterocycles. The first-order chi connectivity index (χ1) is 17.4. The molecule has 0 bridgehead atoms. The van der Waals surface area contributed by atoms with Gasteiger partial charge in [-0.2, -0.15) is 0 Å². The third-order valence-corrected chi connectivity index (χ3v) is 9.83. The monoisotopic (exact) mass is 510 g/mol. The van der Waals surface area contributed by atoms with E-state index >= 15 is 0 Å². The minimum absolute atomic E-state index is 0.110. The highest BCUT2D eigenvalue weighted by molar-refractivity contribution is 8.02. The van der Waals surface area contributed by atoms with E-state index in [9.17, 15) is 19.5 Å². The van der Waals surface area contributed by atoms with Crippen LogP contribution in [0.3, 0.4) is 0 Å². The number of hydrogen-bond donors (Lipinski definition) is 1. The summed E-state index contributed by atoms with van der Waals surface area (Å²) in [5, 5.41) is 10.5. The van der Waals surface area contributed by atoms with Gasteiger partial charge in [0.15, 0.2) is 0 Å². The topological polar surface area (TPSA) is 87.2 Å². The summed E-state index contributed by atoms with van der Waals surface area (Å²) >= 11 is 1.53. The molecule has 2 saturated heterocycles. The number of amides is 2. The third kappa shape index (κ3) is 3.89. The maximum Gasteiger partial charge on any atom is 0.311 e. The van der Waals surface area contributed by atoms with Gasteiger partial charge in [0.2, 0.25) is 11.8 Å². The number of nitrogens with zero attached hydrogens (tertiary/aromatic N) is 2. The zero-order valence-corrected chi connectivity index (χ0v) is 21.7. The van der Waals surface area contributed by atoms with Crippen LogP contribution in [0.15, 0.2) is 54.6 Å². The molecule has 5 rings (SSSR count). The van der Waals surface area contributed by atoms with E-state index in [1.807, 2.05) is 66.5 Å². The molecule has 1 N–H and O–H groups in total. The van der Waals surface area contributed by atoms with Crippen molar-refractivity contribution in [3.8, 4) is 0 Å². The fourth-order valence-electron chi connectivity index (χ4n) is 6.42. The van der Waals surface area contributed by atoms with Gasteiger partial charge in [-0.1, -0.05) is 61.9 Å². The van der Waals surface area contributed by atoms with Crippen molar-refractivity contribution in [2.24, 2.45) is 11.8 Å². The van der Waals surface area contributed by atoms with Crippen molar-refractivity contribution >= 4 is 29.5 Å². The summed E-state index contributed by atoms with van der Waals surface area (Å²) in [6.07, 6.45) is 10.0. The largest absolute Gasteiger partial charge is 0.461 e. The molecular weight excluding hydrogens is 476 g/mol. The van der Waals surface area contributed by atoms with E-state index in [-0.39, 0.29) is 25.0 Å². The maximum atomic E-state index is 14.3. The highest BCUT2D eigenvalue weighted by atomic mass is 32.2. The van der Waals surface area contributed by atoms with E-state index in [1.54, 1.807) is 4.90 Å². The number of unbranched alkanes of at least 4 members (excludes halogenated alkanes) is 1. The molecule has 0 aliphatic carbocycles. The average Bonchev–Trinajstić information content (AvgIpc) is 3.14. The van der Waals surface area contributed by atoms with E-state index in [4.69, 9.17) is 4.74 Å². The van der Waals surface area contributed by atoms with Crippen molar-refractivity contribution < 1.29 is 24.2 Å². The number of esters is 1. The van der Waals surface area contributed by atoms with E-state index in [1.165, 1.54) is 11.8 Å². The third-order valence-electron chi connectivity index (χ3n) is 8.03. The Morgan fingerprint density at radius 1 is 1.11 bits per heavy atom. The van der Waals surface area contributed by atoms with Crippen LogP contribution in [-0.2, 0) is 25.5 Å². The molecule has 6 atom stereocenters. The number of ether oxygens (including phenoxy) is 1. The van der Waals surface area contributed by atoms with Crippen LogP contribution in [-0.4, -0.2) is 80.6 Å². The van der Waals surface area contributed by atoms with Gasteiger partial charge in [-0.3, -0.25) is 14.4 Å². The van der Waals surface area contributed by atoms with Crippen LogP contribution in [0.2, 0.25) is 0 Å². The van der Waals surface area contributed by atoms with Gasteiger partial charge < -0.3 is 19.6 Å². The number of likely N-dealkylation sites (tertiary alicyclic amines) is 1. The van der Waals surface area contributed by atoms with Crippen LogP contribution in [0.4, 0.5) is 0 Å². The fraction of sp³-hybridized carbons (Fsp3) is 0.536. The molecule has 1 aromatic carbocycles. The van der Waals surface area contributed by atoms with E-state index in [2.05, 4.69) is 6.92 Å². The first-order valence-electron chi connectivity index (χ1n) is 12.8. The van der Waals surface area contributed by atoms with Gasteiger partial charge in [0, 0.05) is 17.8 Å². The van der Waals surface area contributed by atoms with Crippen molar-refractivity contribution in [1.29, 1.82) is 0 Å². The molecule has 2 amide bonds. The normalized spacial score (nSPS) is 34.1. The molecule has 7 nitrogen and oxygen atoms in total. The number of thioether (sulfide) groups is 1. The zero-order chi connectivity index (χ0) is 25.5. The SMILES string of the molecule is CCCCN1CC=C[C@]23S[C@]4(C)C=CCOC(=O)[C@@H]4[C@H]2C(=O)N([C@@H](CO)Cc2ccccc2)C3C1=O. The molecule has 1 unspecified atom stereocenters. The Kier molecular flexibility index (Phi) is 6.76. The Morgan fingerprint density at radius 2 is 1.89 bits per heavy atom. The van der Waals surface area contributed by atoms with Gasteiger partial charge in [-0.05, 0) is 31.4 Å². The van der Waals surface area contributed by atoms with Crippen LogP contribution in [0.25, 0.3) is 0 Å². The summed E-state index contributed by atoms with van der Waals surface area (Å²) in [4.78, 5) is 45.3. The summed E-state index contributed by atoms with van der Waals surface area (Å²) in [6, 6.07) is 8.30. The van der Waals surface area contributed by atoms with Crippen molar-refractivity contribution in [2.45, 2.75) is 54.7 Å². The molecule has 2 fully saturated rings. The summed E-state index contributed by atoms with van der Waals surface area (Å²) < 4.78 is 3.90. The van der Waals surface area contributed by atoms with Gasteiger partial charge >= 0.3 is 5.97 Å². The summed E-state index contributed by atoms with van der Waals surface area (Å²) in [5.74, 6) is -2.22. The second kappa shape index (κ2) is 9.71. The zero-order valence-electron chi connectivity index (χ0n) is 20.8. The number of cyclic esters (lactones) is 1. The highest BCUT2D eigenvalue weighted by Crippen LogP contribution is 2.65. The molecule has 8 heteroatoms. The number of benzene rings is 1. The first-order valence-corrected chi connectivity index (χ1v) is 13.7. The van der Waals surface area contributed by atoms with Gasteiger partial charge in [-0.15, -0.1) is 11.8 Å². The van der Waals surface area contributed by atoms with Crippen LogP contribution in [0.5, 0.6) is 0 Å². The number of aliphatic hydroxyl groups excluding tert-OH is 1. The Morgan fingerprint density at radius 3 is 2.61 bits per heavy atom. The molecule has 36 heavy (non-hydrogen) atoms. The fourth-order valence-corrected chi connectivity index (χ4v) is 8.56. The van der Waals surface area contributed by atoms with Crippen LogP contribution < -0.4 is 0 Å². The molecule has 0 aromatic heterocycles. The Hall–Kier alpha value is -2.58. The molecular formula is C28H34N2O5S. The second-order valence-electron chi connectivity index (χ2n) is 10.3. The number of fused-ring (bicyclic) bond motifs is 2. The summed E-state index contributed by atoms with van der Waals surface area (Å²) in [6.45, 7) is 5.04. The molecule has 4 aliphatic rings. The predicted octanol–water partition coefficient (Wildman–Crippen LogP) is 2.59. The smallest absolute Gasteiger partial charge is 0.311 e. The van der Waals surface area contributed by atoms with Crippen molar-refractivity contribution in [3.05, 3.63) is 60.2 Å². The maximum absolute atomic E-state index is 14.3. The second-order valence-corrected chi connectivity index (χ2v) is 12.1. The predicted molar refractivity (Wildman–Crippen MR) is 138 cm³/mol. The Bertz CT molecular complexity index is 1090. The van der Waals surface area contributed by atoms with Crippen molar-refractivity contribution in [2.75, 3.05) is 26.3 Å². The summed E-state index contributed by atoms with van der Waals surface area (Å²) in [5.41, 5.74) is 0.976. The minimum atomic E-state index is -0.917. The number of rotatable bonds is 7. The van der Waals surface area contributed by atoms with Gasteiger partial charge in [-0.25, -0.2) is 0 Å². The molecule has 0 radical (unpaired) electrons. The number of hydrogen-bond acceptors (Lipinski definition) is 6. The lowest BCUT2D eigenvalue weighted by molar-refractivity contribution is -0.153. The average molecular weight is 511 g/mol. The number of carbonyl (C=O) groups excluding carboxylic acids is 3. The molecule has 1 aromatic rings. The van der Waals surface area contributed by atoms with Crippen LogP contribution in [0, 0.1) is 11.8 Å². The number of carbonyl (C=O) groups is 3. The molecule has 0 saturated carbocycles. The van der Waals surface area contributed by atoms with Crippen molar-refractivity contribution in [1.82, 2.24) is 9.80 Å². The van der Waals surface area contributed by atoms with E-state index in [0.717, 1.165) is 18.4 Å². The lowest BCUT2D eigenvalue weighted by Gasteiger charge is -2.39. The van der Waals surface area contributed by atoms with Gasteiger partial charge in [0.05, 0.1) is 29.2 Å². The van der Waals surface area contributed by atoms with E-state index < -0.39 is 39.4 Å². The van der Waals surface area contributed by atoms with Gasteiger partial charge in [0.1, 0.15) is 12.6 Å². The Labute approximate surface area is 216 Å². The standard InChI is InChI=1S/C28H34N2O5S/c1-3-4-14-29-15-8-13-28-21(22-26(34)35-16-9-12-27(22,2)36-28)24(32)30(23(28)25(29)33)20(18-31)17-19-10-6-5-7-11-19/h5-13,20-23,31H,3-4,14-18H2,1-2H3/t20-,21+,22+,23?,27-,28+/m1/s1. The summed E-state index contributed by atoms with van der Waals surface area (Å²) in [7, 11) is 0. The minimum Gasteiger partial charge on any atom is -0.461 e. The van der Waals surface area contributed by atoms with Crippen LogP contribution in [0.1, 0.15) is 32.3 Å². The van der Waals surface area contributed by atoms with Gasteiger partial charge in [0.25, 0.3) is 0 Å². The molecule has 1 spiro atoms. The lowest BCUT2D eigenvalue weighted by Crippen LogP contribution is -2.57. The van der Waals surface area contributed by atoms with E-state index in [0.29, 0.717) is 19.5 Å². The van der Waals surface area contributed by atoms with Crippen LogP contribution >= 0.6 is 11.8 Å². The quantitative estimate of drug-likeness (QED) is 0.448. The highest BCUT2D eigenvalue weighted by Gasteiger charge is 2.74. The lowest BCUT2D eigenvalue weighted by atomic mass is 9.75. The Balaban J connectivity index is 1.62.